The molecule has 0 aromatic rings. The van der Waals surface area contributed by atoms with Crippen LogP contribution in [0.5, 0.6) is 0 Å². The molecule has 2 aliphatic rings. The van der Waals surface area contributed by atoms with Gasteiger partial charge in [-0.2, -0.15) is 0 Å². The number of piperidine rings is 1. The second-order valence-corrected chi connectivity index (χ2v) is 4.27. The van der Waals surface area contributed by atoms with Crippen molar-refractivity contribution in [3.63, 3.8) is 0 Å². The van der Waals surface area contributed by atoms with Gasteiger partial charge in [0, 0.05) is 19.7 Å². The maximum absolute atomic E-state index is 9.50. The zero-order valence-corrected chi connectivity index (χ0v) is 8.28. The van der Waals surface area contributed by atoms with E-state index in [1.54, 1.807) is 7.11 Å². The topological polar surface area (TPSA) is 32.7 Å². The van der Waals surface area contributed by atoms with Gasteiger partial charge in [0.1, 0.15) is 0 Å². The normalized spacial score (nSPS) is 41.5. The van der Waals surface area contributed by atoms with Crippen molar-refractivity contribution in [2.75, 3.05) is 20.2 Å². The molecule has 1 atom stereocenters. The number of hydrogen-bond donors (Lipinski definition) is 1. The van der Waals surface area contributed by atoms with Crippen molar-refractivity contribution < 1.29 is 9.84 Å². The molecule has 1 saturated carbocycles. The Kier molecular flexibility index (Phi) is 2.86. The fourth-order valence-corrected chi connectivity index (χ4v) is 2.34. The van der Waals surface area contributed by atoms with Crippen molar-refractivity contribution in [3.8, 4) is 0 Å². The highest BCUT2D eigenvalue weighted by atomic mass is 16.5. The number of hydrogen-bond acceptors (Lipinski definition) is 3. The molecule has 0 radical (unpaired) electrons. The average molecular weight is 185 g/mol. The second kappa shape index (κ2) is 3.95. The van der Waals surface area contributed by atoms with Crippen LogP contribution in [0.3, 0.4) is 0 Å². The van der Waals surface area contributed by atoms with E-state index in [9.17, 15) is 5.11 Å². The highest BCUT2D eigenvalue weighted by Crippen LogP contribution is 2.29. The zero-order valence-electron chi connectivity index (χ0n) is 8.28. The third kappa shape index (κ3) is 2.03. The summed E-state index contributed by atoms with van der Waals surface area (Å²) in [4.78, 5) is 2.42. The predicted octanol–water partition coefficient (Wildman–Crippen LogP) is 0.620. The van der Waals surface area contributed by atoms with Crippen LogP contribution in [0.25, 0.3) is 0 Å². The van der Waals surface area contributed by atoms with Crippen LogP contribution >= 0.6 is 0 Å². The minimum absolute atomic E-state index is 0.0876. The number of methoxy groups -OCH3 is 1. The molecule has 1 saturated heterocycles. The van der Waals surface area contributed by atoms with E-state index in [2.05, 4.69) is 4.90 Å². The quantitative estimate of drug-likeness (QED) is 0.684. The van der Waals surface area contributed by atoms with E-state index < -0.39 is 0 Å². The number of ether oxygens (including phenoxy) is 1. The van der Waals surface area contributed by atoms with Gasteiger partial charge in [0.2, 0.25) is 0 Å². The van der Waals surface area contributed by atoms with Crippen molar-refractivity contribution in [2.45, 2.75) is 43.9 Å². The monoisotopic (exact) mass is 185 g/mol. The van der Waals surface area contributed by atoms with E-state index in [0.29, 0.717) is 12.1 Å². The molecule has 13 heavy (non-hydrogen) atoms. The van der Waals surface area contributed by atoms with Crippen molar-refractivity contribution in [1.82, 2.24) is 4.90 Å². The van der Waals surface area contributed by atoms with Crippen LogP contribution in [-0.4, -0.2) is 48.5 Å². The summed E-state index contributed by atoms with van der Waals surface area (Å²) >= 11 is 0. The summed E-state index contributed by atoms with van der Waals surface area (Å²) in [6.07, 6.45) is 4.83. The molecule has 1 heterocycles. The molecule has 2 rings (SSSR count). The zero-order chi connectivity index (χ0) is 9.26. The lowest BCUT2D eigenvalue weighted by molar-refractivity contribution is -0.0503. The van der Waals surface area contributed by atoms with Gasteiger partial charge in [0.25, 0.3) is 0 Å². The summed E-state index contributed by atoms with van der Waals surface area (Å²) in [5.41, 5.74) is 0. The minimum atomic E-state index is -0.0876. The number of rotatable bonds is 2. The van der Waals surface area contributed by atoms with Crippen molar-refractivity contribution in [3.05, 3.63) is 0 Å². The van der Waals surface area contributed by atoms with Crippen molar-refractivity contribution in [2.24, 2.45) is 0 Å². The van der Waals surface area contributed by atoms with Crippen LogP contribution in [-0.2, 0) is 4.74 Å². The van der Waals surface area contributed by atoms with E-state index in [1.807, 2.05) is 0 Å². The fourth-order valence-electron chi connectivity index (χ4n) is 2.34. The molecule has 0 aromatic heterocycles. The van der Waals surface area contributed by atoms with Crippen LogP contribution in [0.15, 0.2) is 0 Å². The first-order valence-electron chi connectivity index (χ1n) is 5.24. The predicted molar refractivity (Wildman–Crippen MR) is 50.6 cm³/mol. The lowest BCUT2D eigenvalue weighted by atomic mass is 9.86. The Morgan fingerprint density at radius 1 is 1.38 bits per heavy atom. The molecule has 1 aliphatic heterocycles. The van der Waals surface area contributed by atoms with Crippen LogP contribution in [0.1, 0.15) is 25.7 Å². The first-order chi connectivity index (χ1) is 6.29. The number of aliphatic hydroxyl groups is 1. The smallest absolute Gasteiger partial charge is 0.0667 e. The van der Waals surface area contributed by atoms with E-state index in [-0.39, 0.29) is 6.10 Å². The van der Waals surface area contributed by atoms with Crippen molar-refractivity contribution in [1.29, 1.82) is 0 Å². The summed E-state index contributed by atoms with van der Waals surface area (Å²) < 4.78 is 5.24. The molecule has 0 aromatic carbocycles. The summed E-state index contributed by atoms with van der Waals surface area (Å²) in [6, 6.07) is 0.680. The lowest BCUT2D eigenvalue weighted by Gasteiger charge is -2.44. The van der Waals surface area contributed by atoms with Gasteiger partial charge < -0.3 is 9.84 Å². The van der Waals surface area contributed by atoms with Crippen LogP contribution < -0.4 is 0 Å². The Hall–Kier alpha value is -0.120. The molecule has 0 spiro atoms. The van der Waals surface area contributed by atoms with Crippen LogP contribution in [0, 0.1) is 0 Å². The molecule has 1 unspecified atom stereocenters. The number of β-amino-alcohol motifs (C(OH)–C–C–N with tert-alkyl or cyclic N) is 1. The standard InChI is InChI=1S/C10H19NO2/c1-13-10-5-8(6-10)11-4-2-3-9(12)7-11/h8-10,12H,2-7H2,1H3. The molecular formula is C10H19NO2. The maximum atomic E-state index is 9.50. The number of nitrogens with zero attached hydrogens (tertiary/aromatic N) is 1. The summed E-state index contributed by atoms with van der Waals surface area (Å²) in [5.74, 6) is 0. The first kappa shape index (κ1) is 9.44. The highest BCUT2D eigenvalue weighted by molar-refractivity contribution is 4.90. The second-order valence-electron chi connectivity index (χ2n) is 4.27. The molecule has 0 bridgehead atoms. The highest BCUT2D eigenvalue weighted by Gasteiger charge is 2.35. The SMILES string of the molecule is COC1CC(N2CCCC(O)C2)C1. The third-order valence-electron chi connectivity index (χ3n) is 3.35. The first-order valence-corrected chi connectivity index (χ1v) is 5.24. The Bertz CT molecular complexity index is 168. The molecule has 3 nitrogen and oxygen atoms in total. The Morgan fingerprint density at radius 2 is 2.15 bits per heavy atom. The fraction of sp³-hybridized carbons (Fsp3) is 1.00. The molecule has 0 amide bonds. The largest absolute Gasteiger partial charge is 0.392 e. The van der Waals surface area contributed by atoms with Gasteiger partial charge in [-0.25, -0.2) is 0 Å². The lowest BCUT2D eigenvalue weighted by Crippen LogP contribution is -2.52. The third-order valence-corrected chi connectivity index (χ3v) is 3.35. The summed E-state index contributed by atoms with van der Waals surface area (Å²) in [6.45, 7) is 2.04. The van der Waals surface area contributed by atoms with Gasteiger partial charge >= 0.3 is 0 Å². The Labute approximate surface area is 79.7 Å². The summed E-state index contributed by atoms with van der Waals surface area (Å²) in [5, 5.41) is 9.50. The van der Waals surface area contributed by atoms with E-state index >= 15 is 0 Å². The van der Waals surface area contributed by atoms with Gasteiger partial charge in [0.05, 0.1) is 12.2 Å². The van der Waals surface area contributed by atoms with Gasteiger partial charge in [0.15, 0.2) is 0 Å². The van der Waals surface area contributed by atoms with Gasteiger partial charge in [-0.1, -0.05) is 0 Å². The molecule has 1 aliphatic carbocycles. The average Bonchev–Trinajstić information content (AvgIpc) is 2.02. The minimum Gasteiger partial charge on any atom is -0.392 e. The molecular weight excluding hydrogens is 166 g/mol. The van der Waals surface area contributed by atoms with Gasteiger partial charge in [-0.15, -0.1) is 0 Å². The molecule has 76 valence electrons. The molecule has 1 N–H and O–H groups in total. The van der Waals surface area contributed by atoms with E-state index in [0.717, 1.165) is 38.8 Å². The van der Waals surface area contributed by atoms with E-state index in [4.69, 9.17) is 4.74 Å². The summed E-state index contributed by atoms with van der Waals surface area (Å²) in [7, 11) is 1.78. The van der Waals surface area contributed by atoms with Gasteiger partial charge in [-0.3, -0.25) is 4.90 Å². The maximum Gasteiger partial charge on any atom is 0.0667 e. The molecule has 3 heteroatoms. The number of likely N-dealkylation sites (tertiary alicyclic amines) is 1. The Morgan fingerprint density at radius 3 is 2.77 bits per heavy atom. The van der Waals surface area contributed by atoms with Crippen molar-refractivity contribution >= 4 is 0 Å². The van der Waals surface area contributed by atoms with E-state index in [1.165, 1.54) is 0 Å². The molecule has 2 fully saturated rings. The Balaban J connectivity index is 1.75. The van der Waals surface area contributed by atoms with Gasteiger partial charge in [-0.05, 0) is 32.2 Å². The van der Waals surface area contributed by atoms with Crippen LogP contribution in [0.2, 0.25) is 0 Å². The van der Waals surface area contributed by atoms with Crippen LogP contribution in [0.4, 0.5) is 0 Å². The number of aliphatic hydroxyl groups excluding tert-OH is 1.